The van der Waals surface area contributed by atoms with Crippen LogP contribution in [0.25, 0.3) is 0 Å². The Labute approximate surface area is 132 Å². The third kappa shape index (κ3) is 8.55. The van der Waals surface area contributed by atoms with Crippen LogP contribution in [0.2, 0.25) is 0 Å². The van der Waals surface area contributed by atoms with Gasteiger partial charge in [0.05, 0.1) is 18.8 Å². The molecule has 0 bridgehead atoms. The van der Waals surface area contributed by atoms with Gasteiger partial charge in [0, 0.05) is 13.7 Å². The number of hydrogen-bond donors (Lipinski definition) is 2. The molecule has 0 aliphatic carbocycles. The summed E-state index contributed by atoms with van der Waals surface area (Å²) in [5.41, 5.74) is 0.373. The van der Waals surface area contributed by atoms with E-state index in [-0.39, 0.29) is 30.5 Å². The topological polar surface area (TPSA) is 59.6 Å². The Morgan fingerprint density at radius 1 is 1.24 bits per heavy atom. The minimum absolute atomic E-state index is 0. The highest BCUT2D eigenvalue weighted by molar-refractivity contribution is 5.93. The molecule has 21 heavy (non-hydrogen) atoms. The lowest BCUT2D eigenvalue weighted by molar-refractivity contribution is -0.115. The first kappa shape index (κ1) is 19.7. The van der Waals surface area contributed by atoms with Crippen LogP contribution in [0.3, 0.4) is 0 Å². The van der Waals surface area contributed by atoms with Gasteiger partial charge in [-0.2, -0.15) is 0 Å². The van der Waals surface area contributed by atoms with Crippen LogP contribution >= 0.6 is 12.4 Å². The summed E-state index contributed by atoms with van der Waals surface area (Å²) >= 11 is 0. The Balaban J connectivity index is 0.00000400. The number of anilines is 1. The van der Waals surface area contributed by atoms with Crippen LogP contribution in [0.5, 0.6) is 5.75 Å². The summed E-state index contributed by atoms with van der Waals surface area (Å²) in [5, 5.41) is 5.84. The number of hydrogen-bond acceptors (Lipinski definition) is 4. The fraction of sp³-hybridized carbons (Fsp3) is 0.533. The number of methoxy groups -OCH3 is 1. The van der Waals surface area contributed by atoms with E-state index in [1.54, 1.807) is 7.11 Å². The number of ether oxygens (including phenoxy) is 2. The first-order valence-corrected chi connectivity index (χ1v) is 6.70. The SMILES string of the molecule is COCCNCC(=O)Nc1ccccc1OC(C)(C)C.Cl. The summed E-state index contributed by atoms with van der Waals surface area (Å²) < 4.78 is 10.7. The Morgan fingerprint density at radius 3 is 2.52 bits per heavy atom. The zero-order valence-corrected chi connectivity index (χ0v) is 13.9. The molecule has 120 valence electrons. The minimum atomic E-state index is -0.308. The Bertz CT molecular complexity index is 433. The molecule has 0 aliphatic rings. The highest BCUT2D eigenvalue weighted by atomic mass is 35.5. The van der Waals surface area contributed by atoms with Crippen LogP contribution in [0, 0.1) is 0 Å². The number of benzene rings is 1. The van der Waals surface area contributed by atoms with Crippen molar-refractivity contribution in [2.45, 2.75) is 26.4 Å². The number of amides is 1. The molecule has 0 aliphatic heterocycles. The summed E-state index contributed by atoms with van der Waals surface area (Å²) in [4.78, 5) is 11.8. The summed E-state index contributed by atoms with van der Waals surface area (Å²) in [7, 11) is 1.63. The Morgan fingerprint density at radius 2 is 1.90 bits per heavy atom. The van der Waals surface area contributed by atoms with Gasteiger partial charge in [-0.25, -0.2) is 0 Å². The lowest BCUT2D eigenvalue weighted by Gasteiger charge is -2.23. The fourth-order valence-electron chi connectivity index (χ4n) is 1.56. The lowest BCUT2D eigenvalue weighted by atomic mass is 10.2. The molecule has 0 radical (unpaired) electrons. The van der Waals surface area contributed by atoms with Crippen molar-refractivity contribution in [3.05, 3.63) is 24.3 Å². The van der Waals surface area contributed by atoms with E-state index in [4.69, 9.17) is 9.47 Å². The summed E-state index contributed by atoms with van der Waals surface area (Å²) in [6.45, 7) is 7.38. The Hall–Kier alpha value is -1.30. The quantitative estimate of drug-likeness (QED) is 0.759. The Kier molecular flexibility index (Phi) is 9.01. The molecule has 1 aromatic carbocycles. The van der Waals surface area contributed by atoms with E-state index >= 15 is 0 Å². The molecule has 2 N–H and O–H groups in total. The van der Waals surface area contributed by atoms with E-state index in [1.807, 2.05) is 45.0 Å². The van der Waals surface area contributed by atoms with Crippen molar-refractivity contribution in [1.29, 1.82) is 0 Å². The van der Waals surface area contributed by atoms with Crippen molar-refractivity contribution < 1.29 is 14.3 Å². The lowest BCUT2D eigenvalue weighted by Crippen LogP contribution is -2.31. The molecule has 0 unspecified atom stereocenters. The molecular formula is C15H25ClN2O3. The van der Waals surface area contributed by atoms with Crippen LogP contribution in [0.4, 0.5) is 5.69 Å². The number of rotatable bonds is 7. The zero-order valence-electron chi connectivity index (χ0n) is 13.1. The predicted octanol–water partition coefficient (Wildman–Crippen LogP) is 2.46. The van der Waals surface area contributed by atoms with Gasteiger partial charge >= 0.3 is 0 Å². The summed E-state index contributed by atoms with van der Waals surface area (Å²) in [5.74, 6) is 0.566. The van der Waals surface area contributed by atoms with Gasteiger partial charge in [0.25, 0.3) is 0 Å². The normalized spacial score (nSPS) is 10.7. The third-order valence-electron chi connectivity index (χ3n) is 2.35. The van der Waals surface area contributed by atoms with Crippen molar-refractivity contribution in [3.63, 3.8) is 0 Å². The standard InChI is InChI=1S/C15H24N2O3.ClH/c1-15(2,3)20-13-8-6-5-7-12(13)17-14(18)11-16-9-10-19-4;/h5-8,16H,9-11H2,1-4H3,(H,17,18);1H. The molecule has 6 heteroatoms. The molecule has 0 fully saturated rings. The average Bonchev–Trinajstić information content (AvgIpc) is 2.35. The van der Waals surface area contributed by atoms with E-state index in [9.17, 15) is 4.79 Å². The fourth-order valence-corrected chi connectivity index (χ4v) is 1.56. The predicted molar refractivity (Wildman–Crippen MR) is 87.4 cm³/mol. The van der Waals surface area contributed by atoms with Gasteiger partial charge in [-0.05, 0) is 32.9 Å². The number of nitrogens with one attached hydrogen (secondary N) is 2. The number of carbonyl (C=O) groups excluding carboxylic acids is 1. The van der Waals surface area contributed by atoms with Gasteiger partial charge in [0.1, 0.15) is 11.4 Å². The monoisotopic (exact) mass is 316 g/mol. The zero-order chi connectivity index (χ0) is 15.0. The summed E-state index contributed by atoms with van der Waals surface area (Å²) in [6, 6.07) is 7.42. The number of carbonyl (C=O) groups is 1. The largest absolute Gasteiger partial charge is 0.486 e. The molecule has 0 aromatic heterocycles. The molecule has 0 saturated carbocycles. The highest BCUT2D eigenvalue weighted by Gasteiger charge is 2.15. The maximum absolute atomic E-state index is 11.8. The van der Waals surface area contributed by atoms with Gasteiger partial charge in [-0.3, -0.25) is 4.79 Å². The molecule has 1 rings (SSSR count). The molecular weight excluding hydrogens is 292 g/mol. The van der Waals surface area contributed by atoms with Crippen molar-refractivity contribution in [2.75, 3.05) is 32.1 Å². The molecule has 1 aromatic rings. The van der Waals surface area contributed by atoms with Gasteiger partial charge in [0.15, 0.2) is 0 Å². The van der Waals surface area contributed by atoms with Gasteiger partial charge in [-0.1, -0.05) is 12.1 Å². The van der Waals surface area contributed by atoms with Crippen LogP contribution < -0.4 is 15.4 Å². The molecule has 0 heterocycles. The van der Waals surface area contributed by atoms with Crippen molar-refractivity contribution >= 4 is 24.0 Å². The van der Waals surface area contributed by atoms with Crippen molar-refractivity contribution in [3.8, 4) is 5.75 Å². The van der Waals surface area contributed by atoms with Gasteiger partial charge < -0.3 is 20.1 Å². The molecule has 0 saturated heterocycles. The minimum Gasteiger partial charge on any atom is -0.486 e. The summed E-state index contributed by atoms with van der Waals surface area (Å²) in [6.07, 6.45) is 0. The number of para-hydroxylation sites is 2. The van der Waals surface area contributed by atoms with E-state index in [0.29, 0.717) is 24.6 Å². The first-order valence-electron chi connectivity index (χ1n) is 6.70. The van der Waals surface area contributed by atoms with E-state index < -0.39 is 0 Å². The number of halogens is 1. The van der Waals surface area contributed by atoms with E-state index in [1.165, 1.54) is 0 Å². The molecule has 1 amide bonds. The van der Waals surface area contributed by atoms with Crippen molar-refractivity contribution in [1.82, 2.24) is 5.32 Å². The maximum atomic E-state index is 11.8. The van der Waals surface area contributed by atoms with Crippen LogP contribution in [0.1, 0.15) is 20.8 Å². The van der Waals surface area contributed by atoms with Gasteiger partial charge in [0.2, 0.25) is 5.91 Å². The van der Waals surface area contributed by atoms with Gasteiger partial charge in [-0.15, -0.1) is 12.4 Å². The highest BCUT2D eigenvalue weighted by Crippen LogP contribution is 2.27. The van der Waals surface area contributed by atoms with Crippen LogP contribution in [0.15, 0.2) is 24.3 Å². The molecule has 0 spiro atoms. The van der Waals surface area contributed by atoms with Crippen molar-refractivity contribution in [2.24, 2.45) is 0 Å². The van der Waals surface area contributed by atoms with Crippen LogP contribution in [-0.2, 0) is 9.53 Å². The maximum Gasteiger partial charge on any atom is 0.238 e. The average molecular weight is 317 g/mol. The van der Waals surface area contributed by atoms with E-state index in [2.05, 4.69) is 10.6 Å². The molecule has 0 atom stereocenters. The second-order valence-electron chi connectivity index (χ2n) is 5.43. The molecule has 5 nitrogen and oxygen atoms in total. The second-order valence-corrected chi connectivity index (χ2v) is 5.43. The van der Waals surface area contributed by atoms with E-state index in [0.717, 1.165) is 0 Å². The van der Waals surface area contributed by atoms with Crippen LogP contribution in [-0.4, -0.2) is 38.3 Å². The second kappa shape index (κ2) is 9.60. The first-order chi connectivity index (χ1) is 9.42. The smallest absolute Gasteiger partial charge is 0.238 e. The third-order valence-corrected chi connectivity index (χ3v) is 2.35.